The van der Waals surface area contributed by atoms with Crippen LogP contribution in [0.3, 0.4) is 0 Å². The fraction of sp³-hybridized carbons (Fsp3) is 0.423. The molecule has 3 aromatic rings. The second-order valence-electron chi connectivity index (χ2n) is 9.07. The van der Waals surface area contributed by atoms with Crippen LogP contribution in [-0.2, 0) is 11.2 Å². The van der Waals surface area contributed by atoms with Gasteiger partial charge >= 0.3 is 0 Å². The van der Waals surface area contributed by atoms with Crippen LogP contribution in [0.1, 0.15) is 15.9 Å². The number of hydrogen-bond donors (Lipinski definition) is 0. The molecule has 1 atom stereocenters. The molecular formula is C26H31N5O2. The van der Waals surface area contributed by atoms with Crippen molar-refractivity contribution in [3.63, 3.8) is 0 Å². The maximum Gasteiger partial charge on any atom is 0.254 e. The van der Waals surface area contributed by atoms with Gasteiger partial charge in [-0.25, -0.2) is 4.98 Å². The number of benzene rings is 1. The summed E-state index contributed by atoms with van der Waals surface area (Å²) < 4.78 is 5.45. The fourth-order valence-electron chi connectivity index (χ4n) is 4.95. The SMILES string of the molecule is CN1CCN(C(=O)c2ccnc(N3CCOCC3)c2)CC(Cc2cccc3ncccc23)C1. The number of amides is 1. The minimum atomic E-state index is 0.0896. The number of carbonyl (C=O) groups is 1. The van der Waals surface area contributed by atoms with Crippen molar-refractivity contribution in [2.45, 2.75) is 6.42 Å². The zero-order chi connectivity index (χ0) is 22.6. The molecule has 2 saturated heterocycles. The minimum absolute atomic E-state index is 0.0896. The first-order chi connectivity index (χ1) is 16.2. The molecule has 0 radical (unpaired) electrons. The molecule has 1 amide bonds. The smallest absolute Gasteiger partial charge is 0.254 e. The van der Waals surface area contributed by atoms with Gasteiger partial charge in [-0.05, 0) is 49.2 Å². The van der Waals surface area contributed by atoms with E-state index in [1.54, 1.807) is 6.20 Å². The zero-order valence-corrected chi connectivity index (χ0v) is 19.2. The summed E-state index contributed by atoms with van der Waals surface area (Å²) in [6.45, 7) is 6.33. The summed E-state index contributed by atoms with van der Waals surface area (Å²) in [5.74, 6) is 1.30. The molecule has 4 heterocycles. The second-order valence-corrected chi connectivity index (χ2v) is 9.07. The van der Waals surface area contributed by atoms with Gasteiger partial charge in [0.15, 0.2) is 0 Å². The third-order valence-corrected chi connectivity index (χ3v) is 6.66. The van der Waals surface area contributed by atoms with E-state index in [0.29, 0.717) is 24.7 Å². The average Bonchev–Trinajstić information content (AvgIpc) is 3.05. The van der Waals surface area contributed by atoms with Crippen LogP contribution in [0.4, 0.5) is 5.82 Å². The maximum absolute atomic E-state index is 13.5. The maximum atomic E-state index is 13.5. The van der Waals surface area contributed by atoms with Crippen molar-refractivity contribution in [3.8, 4) is 0 Å². The van der Waals surface area contributed by atoms with E-state index in [2.05, 4.69) is 51.1 Å². The van der Waals surface area contributed by atoms with E-state index in [-0.39, 0.29) is 5.91 Å². The van der Waals surface area contributed by atoms with Crippen LogP contribution in [0, 0.1) is 5.92 Å². The van der Waals surface area contributed by atoms with Crippen molar-refractivity contribution in [2.24, 2.45) is 5.92 Å². The number of ether oxygens (including phenoxy) is 1. The summed E-state index contributed by atoms with van der Waals surface area (Å²) in [7, 11) is 2.15. The van der Waals surface area contributed by atoms with Gasteiger partial charge in [0.2, 0.25) is 0 Å². The van der Waals surface area contributed by atoms with E-state index in [0.717, 1.165) is 57.0 Å². The van der Waals surface area contributed by atoms with Crippen LogP contribution in [0.2, 0.25) is 0 Å². The molecule has 2 aliphatic heterocycles. The van der Waals surface area contributed by atoms with Gasteiger partial charge in [-0.15, -0.1) is 0 Å². The molecular weight excluding hydrogens is 414 g/mol. The number of fused-ring (bicyclic) bond motifs is 1. The Labute approximate surface area is 195 Å². The van der Waals surface area contributed by atoms with Crippen molar-refractivity contribution < 1.29 is 9.53 Å². The Hall–Kier alpha value is -3.03. The number of hydrogen-bond acceptors (Lipinski definition) is 6. The topological polar surface area (TPSA) is 61.8 Å². The highest BCUT2D eigenvalue weighted by molar-refractivity contribution is 5.95. The fourth-order valence-corrected chi connectivity index (χ4v) is 4.95. The summed E-state index contributed by atoms with van der Waals surface area (Å²) in [6.07, 6.45) is 4.51. The van der Waals surface area contributed by atoms with Gasteiger partial charge in [0.05, 0.1) is 18.7 Å². The molecule has 0 N–H and O–H groups in total. The molecule has 0 spiro atoms. The number of carbonyl (C=O) groups excluding carboxylic acids is 1. The van der Waals surface area contributed by atoms with Crippen LogP contribution in [0.15, 0.2) is 54.9 Å². The van der Waals surface area contributed by atoms with Crippen LogP contribution in [0.25, 0.3) is 10.9 Å². The number of anilines is 1. The molecule has 2 aliphatic rings. The van der Waals surface area contributed by atoms with Crippen LogP contribution in [-0.4, -0.2) is 85.2 Å². The standard InChI is InChI=1S/C26H31N5O2/c1-29-10-11-31(26(32)22-7-9-28-25(17-22)30-12-14-33-15-13-30)19-20(18-29)16-21-4-2-6-24-23(21)5-3-8-27-24/h2-9,17,20H,10-16,18-19H2,1H3. The molecule has 0 bridgehead atoms. The predicted octanol–water partition coefficient (Wildman–Crippen LogP) is 2.71. The van der Waals surface area contributed by atoms with Crippen molar-refractivity contribution in [1.82, 2.24) is 19.8 Å². The summed E-state index contributed by atoms with van der Waals surface area (Å²) >= 11 is 0. The van der Waals surface area contributed by atoms with Crippen molar-refractivity contribution in [3.05, 3.63) is 66.0 Å². The normalized spacial score (nSPS) is 20.1. The summed E-state index contributed by atoms with van der Waals surface area (Å²) in [5, 5.41) is 1.20. The monoisotopic (exact) mass is 445 g/mol. The molecule has 1 unspecified atom stereocenters. The highest BCUT2D eigenvalue weighted by atomic mass is 16.5. The minimum Gasteiger partial charge on any atom is -0.378 e. The molecule has 2 fully saturated rings. The largest absolute Gasteiger partial charge is 0.378 e. The molecule has 172 valence electrons. The lowest BCUT2D eigenvalue weighted by atomic mass is 9.95. The molecule has 2 aromatic heterocycles. The quantitative estimate of drug-likeness (QED) is 0.616. The lowest BCUT2D eigenvalue weighted by Gasteiger charge is -2.28. The van der Waals surface area contributed by atoms with Crippen LogP contribution in [0.5, 0.6) is 0 Å². The van der Waals surface area contributed by atoms with E-state index in [9.17, 15) is 4.79 Å². The van der Waals surface area contributed by atoms with Gasteiger partial charge in [0.25, 0.3) is 5.91 Å². The first-order valence-corrected chi connectivity index (χ1v) is 11.8. The van der Waals surface area contributed by atoms with E-state index in [4.69, 9.17) is 4.74 Å². The Bertz CT molecular complexity index is 1110. The molecule has 0 aliphatic carbocycles. The average molecular weight is 446 g/mol. The highest BCUT2D eigenvalue weighted by Gasteiger charge is 2.26. The Morgan fingerprint density at radius 2 is 1.88 bits per heavy atom. The number of likely N-dealkylation sites (N-methyl/N-ethyl adjacent to an activating group) is 1. The van der Waals surface area contributed by atoms with E-state index in [1.165, 1.54) is 10.9 Å². The predicted molar refractivity (Wildman–Crippen MR) is 130 cm³/mol. The zero-order valence-electron chi connectivity index (χ0n) is 19.2. The van der Waals surface area contributed by atoms with Gasteiger partial charge in [-0.3, -0.25) is 9.78 Å². The Morgan fingerprint density at radius 1 is 1.00 bits per heavy atom. The summed E-state index contributed by atoms with van der Waals surface area (Å²) in [4.78, 5) is 29.1. The van der Waals surface area contributed by atoms with Crippen molar-refractivity contribution in [1.29, 1.82) is 0 Å². The Balaban J connectivity index is 1.34. The van der Waals surface area contributed by atoms with E-state index >= 15 is 0 Å². The van der Waals surface area contributed by atoms with Gasteiger partial charge in [-0.2, -0.15) is 0 Å². The van der Waals surface area contributed by atoms with Crippen LogP contribution < -0.4 is 4.90 Å². The highest BCUT2D eigenvalue weighted by Crippen LogP contribution is 2.23. The lowest BCUT2D eigenvalue weighted by molar-refractivity contribution is 0.0746. The van der Waals surface area contributed by atoms with Gasteiger partial charge in [0, 0.05) is 62.6 Å². The number of rotatable bonds is 4. The number of pyridine rings is 2. The van der Waals surface area contributed by atoms with Crippen molar-refractivity contribution >= 4 is 22.6 Å². The lowest BCUT2D eigenvalue weighted by Crippen LogP contribution is -2.38. The number of aromatic nitrogens is 2. The number of morpholine rings is 1. The second kappa shape index (κ2) is 9.85. The Kier molecular flexibility index (Phi) is 6.51. The first kappa shape index (κ1) is 21.8. The van der Waals surface area contributed by atoms with E-state index < -0.39 is 0 Å². The summed E-state index contributed by atoms with van der Waals surface area (Å²) in [6, 6.07) is 14.3. The molecule has 5 rings (SSSR count). The number of nitrogens with zero attached hydrogens (tertiary/aromatic N) is 5. The van der Waals surface area contributed by atoms with Crippen LogP contribution >= 0.6 is 0 Å². The van der Waals surface area contributed by atoms with Crippen molar-refractivity contribution in [2.75, 3.05) is 64.4 Å². The van der Waals surface area contributed by atoms with Gasteiger partial charge in [-0.1, -0.05) is 18.2 Å². The third kappa shape index (κ3) is 4.99. The van der Waals surface area contributed by atoms with Gasteiger partial charge in [0.1, 0.15) is 5.82 Å². The summed E-state index contributed by atoms with van der Waals surface area (Å²) in [5.41, 5.74) is 3.04. The van der Waals surface area contributed by atoms with E-state index in [1.807, 2.05) is 29.3 Å². The third-order valence-electron chi connectivity index (χ3n) is 6.66. The molecule has 7 nitrogen and oxygen atoms in total. The first-order valence-electron chi connectivity index (χ1n) is 11.8. The van der Waals surface area contributed by atoms with Gasteiger partial charge < -0.3 is 19.4 Å². The Morgan fingerprint density at radius 3 is 2.76 bits per heavy atom. The molecule has 1 aromatic carbocycles. The molecule has 0 saturated carbocycles. The molecule has 33 heavy (non-hydrogen) atoms. The molecule has 7 heteroatoms.